The van der Waals surface area contributed by atoms with Crippen molar-refractivity contribution in [2.75, 3.05) is 5.75 Å². The van der Waals surface area contributed by atoms with Gasteiger partial charge in [-0.15, -0.1) is 0 Å². The Labute approximate surface area is 133 Å². The zero-order chi connectivity index (χ0) is 15.5. The Kier molecular flexibility index (Phi) is 5.04. The SMILES string of the molecule is O=C(CS(=O)(=O)Cc1ccc(Cl)cc1)c1ccccc1Cl. The molecule has 2 aromatic rings. The van der Waals surface area contributed by atoms with Crippen LogP contribution in [-0.4, -0.2) is 20.0 Å². The summed E-state index contributed by atoms with van der Waals surface area (Å²) in [6.45, 7) is 0. The van der Waals surface area contributed by atoms with E-state index in [1.807, 2.05) is 0 Å². The number of carbonyl (C=O) groups excluding carboxylic acids is 1. The first-order valence-corrected chi connectivity index (χ1v) is 8.68. The first-order valence-electron chi connectivity index (χ1n) is 6.10. The summed E-state index contributed by atoms with van der Waals surface area (Å²) in [6, 6.07) is 12.9. The number of hydrogen-bond donors (Lipinski definition) is 0. The fourth-order valence-electron chi connectivity index (χ4n) is 1.85. The van der Waals surface area contributed by atoms with Crippen LogP contribution in [0, 0.1) is 0 Å². The molecule has 0 N–H and O–H groups in total. The summed E-state index contributed by atoms with van der Waals surface area (Å²) in [7, 11) is -3.56. The fraction of sp³-hybridized carbons (Fsp3) is 0.133. The normalized spacial score (nSPS) is 11.3. The molecule has 0 spiro atoms. The molecule has 0 atom stereocenters. The Morgan fingerprint density at radius 3 is 2.19 bits per heavy atom. The molecule has 0 amide bonds. The van der Waals surface area contributed by atoms with Crippen molar-refractivity contribution in [2.24, 2.45) is 0 Å². The van der Waals surface area contributed by atoms with Crippen LogP contribution in [0.15, 0.2) is 48.5 Å². The van der Waals surface area contributed by atoms with Crippen LogP contribution in [-0.2, 0) is 15.6 Å². The number of halogens is 2. The minimum absolute atomic E-state index is 0.208. The van der Waals surface area contributed by atoms with Crippen LogP contribution < -0.4 is 0 Å². The van der Waals surface area contributed by atoms with Gasteiger partial charge >= 0.3 is 0 Å². The first kappa shape index (κ1) is 16.0. The van der Waals surface area contributed by atoms with Crippen LogP contribution in [0.1, 0.15) is 15.9 Å². The van der Waals surface area contributed by atoms with E-state index in [0.29, 0.717) is 10.6 Å². The topological polar surface area (TPSA) is 51.2 Å². The Morgan fingerprint density at radius 1 is 0.952 bits per heavy atom. The summed E-state index contributed by atoms with van der Waals surface area (Å²) >= 11 is 11.6. The molecule has 0 aliphatic heterocycles. The van der Waals surface area contributed by atoms with Crippen molar-refractivity contribution in [1.82, 2.24) is 0 Å². The lowest BCUT2D eigenvalue weighted by atomic mass is 10.1. The molecule has 2 aromatic carbocycles. The van der Waals surface area contributed by atoms with Gasteiger partial charge in [0.25, 0.3) is 0 Å². The Bertz CT molecular complexity index is 753. The summed E-state index contributed by atoms with van der Waals surface area (Å²) in [6.07, 6.45) is 0. The van der Waals surface area contributed by atoms with E-state index in [0.717, 1.165) is 0 Å². The van der Waals surface area contributed by atoms with Gasteiger partial charge in [0, 0.05) is 10.6 Å². The third-order valence-corrected chi connectivity index (χ3v) is 4.88. The van der Waals surface area contributed by atoms with Crippen molar-refractivity contribution in [3.63, 3.8) is 0 Å². The van der Waals surface area contributed by atoms with Crippen LogP contribution in [0.25, 0.3) is 0 Å². The average molecular weight is 343 g/mol. The minimum Gasteiger partial charge on any atom is -0.293 e. The zero-order valence-electron chi connectivity index (χ0n) is 10.9. The lowest BCUT2D eigenvalue weighted by molar-refractivity contribution is 0.102. The molecular weight excluding hydrogens is 331 g/mol. The van der Waals surface area contributed by atoms with Crippen molar-refractivity contribution in [1.29, 1.82) is 0 Å². The largest absolute Gasteiger partial charge is 0.293 e. The fourth-order valence-corrected chi connectivity index (χ4v) is 3.57. The molecular formula is C15H12Cl2O3S. The van der Waals surface area contributed by atoms with Gasteiger partial charge in [-0.25, -0.2) is 8.42 Å². The number of sulfone groups is 1. The van der Waals surface area contributed by atoms with Gasteiger partial charge < -0.3 is 0 Å². The zero-order valence-corrected chi connectivity index (χ0v) is 13.3. The summed E-state index contributed by atoms with van der Waals surface area (Å²) in [5.41, 5.74) is 0.810. The predicted molar refractivity (Wildman–Crippen MR) is 84.7 cm³/mol. The molecule has 0 fully saturated rings. The lowest BCUT2D eigenvalue weighted by Crippen LogP contribution is -2.18. The number of benzene rings is 2. The molecule has 0 aromatic heterocycles. The van der Waals surface area contributed by atoms with Gasteiger partial charge in [-0.1, -0.05) is 47.5 Å². The van der Waals surface area contributed by atoms with Gasteiger partial charge in [-0.3, -0.25) is 4.79 Å². The minimum atomic E-state index is -3.56. The molecule has 0 bridgehead atoms. The molecule has 0 heterocycles. The number of hydrogen-bond acceptors (Lipinski definition) is 3. The second kappa shape index (κ2) is 6.60. The second-order valence-electron chi connectivity index (χ2n) is 4.56. The van der Waals surface area contributed by atoms with Crippen LogP contribution in [0.4, 0.5) is 0 Å². The van der Waals surface area contributed by atoms with Crippen LogP contribution in [0.3, 0.4) is 0 Å². The molecule has 0 saturated heterocycles. The second-order valence-corrected chi connectivity index (χ2v) is 7.47. The van der Waals surface area contributed by atoms with E-state index in [1.54, 1.807) is 42.5 Å². The van der Waals surface area contributed by atoms with Crippen LogP contribution in [0.5, 0.6) is 0 Å². The van der Waals surface area contributed by atoms with Gasteiger partial charge in [0.15, 0.2) is 15.6 Å². The third kappa shape index (κ3) is 4.56. The van der Waals surface area contributed by atoms with E-state index in [9.17, 15) is 13.2 Å². The van der Waals surface area contributed by atoms with E-state index in [2.05, 4.69) is 0 Å². The summed E-state index contributed by atoms with van der Waals surface area (Å²) in [5, 5.41) is 0.785. The maximum absolute atomic E-state index is 12.1. The Morgan fingerprint density at radius 2 is 1.57 bits per heavy atom. The molecule has 6 heteroatoms. The first-order chi connectivity index (χ1) is 9.87. The highest BCUT2D eigenvalue weighted by Crippen LogP contribution is 2.18. The predicted octanol–water partition coefficient (Wildman–Crippen LogP) is 3.79. The van der Waals surface area contributed by atoms with Gasteiger partial charge in [0.1, 0.15) is 5.75 Å². The van der Waals surface area contributed by atoms with Crippen molar-refractivity contribution in [3.8, 4) is 0 Å². The number of carbonyl (C=O) groups is 1. The standard InChI is InChI=1S/C15H12Cl2O3S/c16-12-7-5-11(6-8-12)9-21(19,20)10-15(18)13-3-1-2-4-14(13)17/h1-8H,9-10H2. The summed E-state index contributed by atoms with van der Waals surface area (Å²) < 4.78 is 24.2. The molecule has 0 aliphatic carbocycles. The average Bonchev–Trinajstić information content (AvgIpc) is 2.41. The van der Waals surface area contributed by atoms with Crippen molar-refractivity contribution in [2.45, 2.75) is 5.75 Å². The highest BCUT2D eigenvalue weighted by Gasteiger charge is 2.20. The van der Waals surface area contributed by atoms with E-state index < -0.39 is 21.4 Å². The van der Waals surface area contributed by atoms with Gasteiger partial charge in [-0.2, -0.15) is 0 Å². The molecule has 0 saturated carbocycles. The van der Waals surface area contributed by atoms with E-state index in [1.165, 1.54) is 6.07 Å². The molecule has 0 aliphatic rings. The number of ketones is 1. The quantitative estimate of drug-likeness (QED) is 0.776. The van der Waals surface area contributed by atoms with E-state index >= 15 is 0 Å². The molecule has 0 unspecified atom stereocenters. The van der Waals surface area contributed by atoms with Crippen molar-refractivity contribution < 1.29 is 13.2 Å². The lowest BCUT2D eigenvalue weighted by Gasteiger charge is -2.06. The smallest absolute Gasteiger partial charge is 0.179 e. The van der Waals surface area contributed by atoms with E-state index in [-0.39, 0.29) is 16.3 Å². The van der Waals surface area contributed by atoms with Crippen LogP contribution in [0.2, 0.25) is 10.0 Å². The number of Topliss-reactive ketones (excluding diaryl/α,β-unsaturated/α-hetero) is 1. The maximum Gasteiger partial charge on any atom is 0.179 e. The van der Waals surface area contributed by atoms with Gasteiger partial charge in [-0.05, 0) is 29.8 Å². The molecule has 3 nitrogen and oxygen atoms in total. The van der Waals surface area contributed by atoms with E-state index in [4.69, 9.17) is 23.2 Å². The van der Waals surface area contributed by atoms with Gasteiger partial charge in [0.05, 0.1) is 10.8 Å². The highest BCUT2D eigenvalue weighted by molar-refractivity contribution is 7.91. The van der Waals surface area contributed by atoms with Gasteiger partial charge in [0.2, 0.25) is 0 Å². The monoisotopic (exact) mass is 342 g/mol. The highest BCUT2D eigenvalue weighted by atomic mass is 35.5. The Balaban J connectivity index is 2.12. The number of rotatable bonds is 5. The van der Waals surface area contributed by atoms with Crippen molar-refractivity contribution in [3.05, 3.63) is 69.7 Å². The summed E-state index contributed by atoms with van der Waals surface area (Å²) in [5.74, 6) is -1.28. The molecule has 110 valence electrons. The van der Waals surface area contributed by atoms with Crippen LogP contribution >= 0.6 is 23.2 Å². The molecule has 21 heavy (non-hydrogen) atoms. The Hall–Kier alpha value is -1.36. The van der Waals surface area contributed by atoms with Crippen molar-refractivity contribution >= 4 is 38.8 Å². The third-order valence-electron chi connectivity index (χ3n) is 2.83. The molecule has 2 rings (SSSR count). The maximum atomic E-state index is 12.1. The summed E-state index contributed by atoms with van der Waals surface area (Å²) in [4.78, 5) is 12.0. The molecule has 0 radical (unpaired) electrons.